The molecule has 0 aromatic heterocycles. The van der Waals surface area contributed by atoms with E-state index in [2.05, 4.69) is 0 Å². The number of fused-ring (bicyclic) bond motifs is 1. The molecule has 2 aromatic rings. The molecule has 4 rings (SSSR count). The number of nitrogens with zero attached hydrogens (tertiary/aromatic N) is 2. The smallest absolute Gasteiger partial charge is 0.407 e. The lowest BCUT2D eigenvalue weighted by atomic mass is 10.0. The standard InChI is InChI=1S/C21H19ClN2O5/c22-15-3-1-14(12-25)19(9-15)29-17-4-2-13-11-24(20(26)18(13)10-17)16-5-7-23(8-6-16)21(27)28/h1-4,9-10,12,16H,5-8,11H2,(H,27,28). The van der Waals surface area contributed by atoms with Crippen molar-refractivity contribution in [3.8, 4) is 11.5 Å². The molecular weight excluding hydrogens is 396 g/mol. The van der Waals surface area contributed by atoms with Crippen LogP contribution >= 0.6 is 11.6 Å². The van der Waals surface area contributed by atoms with Crippen molar-refractivity contribution in [2.24, 2.45) is 0 Å². The fourth-order valence-corrected chi connectivity index (χ4v) is 4.01. The van der Waals surface area contributed by atoms with Gasteiger partial charge in [-0.15, -0.1) is 0 Å². The van der Waals surface area contributed by atoms with Crippen LogP contribution in [0.15, 0.2) is 36.4 Å². The van der Waals surface area contributed by atoms with Gasteiger partial charge in [0, 0.05) is 42.3 Å². The number of ether oxygens (including phenoxy) is 1. The van der Waals surface area contributed by atoms with Crippen LogP contribution in [0.4, 0.5) is 4.79 Å². The molecule has 2 aliphatic heterocycles. The fraction of sp³-hybridized carbons (Fsp3) is 0.286. The number of benzene rings is 2. The number of halogens is 1. The van der Waals surface area contributed by atoms with Crippen molar-refractivity contribution in [2.75, 3.05) is 13.1 Å². The Balaban J connectivity index is 1.51. The van der Waals surface area contributed by atoms with E-state index in [0.717, 1.165) is 5.56 Å². The second kappa shape index (κ2) is 7.75. The number of hydrogen-bond acceptors (Lipinski definition) is 4. The van der Waals surface area contributed by atoms with Crippen LogP contribution in [0.5, 0.6) is 11.5 Å². The number of likely N-dealkylation sites (tertiary alicyclic amines) is 1. The Kier molecular flexibility index (Phi) is 5.15. The first-order chi connectivity index (χ1) is 14.0. The third-order valence-electron chi connectivity index (χ3n) is 5.42. The maximum Gasteiger partial charge on any atom is 0.407 e. The van der Waals surface area contributed by atoms with Crippen LogP contribution in [0.2, 0.25) is 5.02 Å². The van der Waals surface area contributed by atoms with Gasteiger partial charge in [0.05, 0.1) is 5.56 Å². The number of carboxylic acid groups (broad SMARTS) is 1. The van der Waals surface area contributed by atoms with E-state index >= 15 is 0 Å². The van der Waals surface area contributed by atoms with Crippen LogP contribution in [-0.4, -0.2) is 52.3 Å². The van der Waals surface area contributed by atoms with Gasteiger partial charge in [0.15, 0.2) is 6.29 Å². The van der Waals surface area contributed by atoms with Crippen molar-refractivity contribution in [3.63, 3.8) is 0 Å². The molecule has 0 spiro atoms. The zero-order valence-electron chi connectivity index (χ0n) is 15.5. The molecule has 0 saturated carbocycles. The summed E-state index contributed by atoms with van der Waals surface area (Å²) >= 11 is 6.00. The van der Waals surface area contributed by atoms with Crippen molar-refractivity contribution in [2.45, 2.75) is 25.4 Å². The van der Waals surface area contributed by atoms with E-state index < -0.39 is 6.09 Å². The van der Waals surface area contributed by atoms with Crippen LogP contribution in [0.3, 0.4) is 0 Å². The zero-order valence-corrected chi connectivity index (χ0v) is 16.3. The van der Waals surface area contributed by atoms with Gasteiger partial charge < -0.3 is 19.6 Å². The van der Waals surface area contributed by atoms with Crippen LogP contribution in [-0.2, 0) is 6.54 Å². The normalized spacial score (nSPS) is 16.7. The quantitative estimate of drug-likeness (QED) is 0.763. The average Bonchev–Trinajstić information content (AvgIpc) is 3.04. The molecule has 0 unspecified atom stereocenters. The van der Waals surface area contributed by atoms with Crippen molar-refractivity contribution in [3.05, 3.63) is 58.1 Å². The first-order valence-electron chi connectivity index (χ1n) is 9.30. The summed E-state index contributed by atoms with van der Waals surface area (Å²) in [6, 6.07) is 10.1. The minimum atomic E-state index is -0.919. The predicted molar refractivity (Wildman–Crippen MR) is 106 cm³/mol. The Morgan fingerprint density at radius 1 is 1.17 bits per heavy atom. The van der Waals surface area contributed by atoms with Gasteiger partial charge in [-0.05, 0) is 42.7 Å². The van der Waals surface area contributed by atoms with Crippen molar-refractivity contribution in [1.29, 1.82) is 0 Å². The molecule has 2 amide bonds. The zero-order chi connectivity index (χ0) is 20.5. The summed E-state index contributed by atoms with van der Waals surface area (Å²) in [5.74, 6) is 0.696. The molecule has 1 N–H and O–H groups in total. The molecule has 0 aliphatic carbocycles. The van der Waals surface area contributed by atoms with E-state index in [1.54, 1.807) is 30.3 Å². The lowest BCUT2D eigenvalue weighted by molar-refractivity contribution is 0.0596. The van der Waals surface area contributed by atoms with Crippen LogP contribution in [0, 0.1) is 0 Å². The molecular formula is C21H19ClN2O5. The van der Waals surface area contributed by atoms with Gasteiger partial charge in [-0.25, -0.2) is 4.79 Å². The monoisotopic (exact) mass is 414 g/mol. The summed E-state index contributed by atoms with van der Waals surface area (Å²) in [6.07, 6.45) is 1.02. The molecule has 0 bridgehead atoms. The van der Waals surface area contributed by atoms with E-state index in [4.69, 9.17) is 21.4 Å². The number of piperidine rings is 1. The molecule has 0 atom stereocenters. The predicted octanol–water partition coefficient (Wildman–Crippen LogP) is 4.04. The number of carbonyl (C=O) groups is 3. The Hall–Kier alpha value is -3.06. The summed E-state index contributed by atoms with van der Waals surface area (Å²) in [6.45, 7) is 1.36. The van der Waals surface area contributed by atoms with Gasteiger partial charge >= 0.3 is 6.09 Å². The molecule has 2 aliphatic rings. The van der Waals surface area contributed by atoms with Crippen LogP contribution in [0.1, 0.15) is 39.1 Å². The second-order valence-corrected chi connectivity index (χ2v) is 7.59. The molecule has 0 radical (unpaired) electrons. The van der Waals surface area contributed by atoms with Gasteiger partial charge in [-0.3, -0.25) is 9.59 Å². The second-order valence-electron chi connectivity index (χ2n) is 7.15. The summed E-state index contributed by atoms with van der Waals surface area (Å²) in [5.41, 5.74) is 1.84. The largest absolute Gasteiger partial charge is 0.465 e. The van der Waals surface area contributed by atoms with E-state index in [1.807, 2.05) is 11.0 Å². The topological polar surface area (TPSA) is 87.2 Å². The Morgan fingerprint density at radius 3 is 2.62 bits per heavy atom. The van der Waals surface area contributed by atoms with Crippen LogP contribution < -0.4 is 4.74 Å². The average molecular weight is 415 g/mol. The first-order valence-corrected chi connectivity index (χ1v) is 9.68. The SMILES string of the molecule is O=Cc1ccc(Cl)cc1Oc1ccc2c(c1)C(=O)N(C1CCN(C(=O)O)CC1)C2. The maximum atomic E-state index is 13.0. The molecule has 29 heavy (non-hydrogen) atoms. The molecule has 8 heteroatoms. The highest BCUT2D eigenvalue weighted by molar-refractivity contribution is 6.30. The fourth-order valence-electron chi connectivity index (χ4n) is 3.85. The molecule has 7 nitrogen and oxygen atoms in total. The van der Waals surface area contributed by atoms with E-state index in [-0.39, 0.29) is 11.9 Å². The highest BCUT2D eigenvalue weighted by Crippen LogP contribution is 2.33. The number of rotatable bonds is 4. The number of carbonyl (C=O) groups excluding carboxylic acids is 2. The van der Waals surface area contributed by atoms with Gasteiger partial charge in [0.25, 0.3) is 5.91 Å². The van der Waals surface area contributed by atoms with Crippen LogP contribution in [0.25, 0.3) is 0 Å². The Bertz CT molecular complexity index is 985. The third kappa shape index (κ3) is 3.78. The minimum absolute atomic E-state index is 0.0180. The molecule has 1 fully saturated rings. The number of aldehydes is 1. The molecule has 2 heterocycles. The van der Waals surface area contributed by atoms with Crippen molar-refractivity contribution in [1.82, 2.24) is 9.80 Å². The minimum Gasteiger partial charge on any atom is -0.465 e. The third-order valence-corrected chi connectivity index (χ3v) is 5.65. The number of hydrogen-bond donors (Lipinski definition) is 1. The first kappa shape index (κ1) is 19.3. The molecule has 1 saturated heterocycles. The summed E-state index contributed by atoms with van der Waals surface area (Å²) in [4.78, 5) is 38.5. The van der Waals surface area contributed by atoms with Crippen molar-refractivity contribution < 1.29 is 24.2 Å². The van der Waals surface area contributed by atoms with Gasteiger partial charge in [0.2, 0.25) is 0 Å². The highest BCUT2D eigenvalue weighted by atomic mass is 35.5. The Labute approximate surface area is 172 Å². The lowest BCUT2D eigenvalue weighted by Crippen LogP contribution is -2.46. The van der Waals surface area contributed by atoms with Gasteiger partial charge in [-0.1, -0.05) is 17.7 Å². The summed E-state index contributed by atoms with van der Waals surface area (Å²) in [7, 11) is 0. The highest BCUT2D eigenvalue weighted by Gasteiger charge is 2.35. The van der Waals surface area contributed by atoms with Gasteiger partial charge in [0.1, 0.15) is 11.5 Å². The molecule has 150 valence electrons. The van der Waals surface area contributed by atoms with E-state index in [9.17, 15) is 14.4 Å². The molecule has 2 aromatic carbocycles. The van der Waals surface area contributed by atoms with E-state index in [1.165, 1.54) is 4.90 Å². The van der Waals surface area contributed by atoms with Crippen molar-refractivity contribution >= 4 is 29.9 Å². The van der Waals surface area contributed by atoms with Gasteiger partial charge in [-0.2, -0.15) is 0 Å². The summed E-state index contributed by atoms with van der Waals surface area (Å²) < 4.78 is 5.82. The summed E-state index contributed by atoms with van der Waals surface area (Å²) in [5, 5.41) is 9.54. The number of amides is 2. The van der Waals surface area contributed by atoms with E-state index in [0.29, 0.717) is 66.4 Å². The maximum absolute atomic E-state index is 13.0. The Morgan fingerprint density at radius 2 is 1.93 bits per heavy atom. The lowest BCUT2D eigenvalue weighted by Gasteiger charge is -2.35.